The minimum Gasteiger partial charge on any atom is -0.439 e. The first kappa shape index (κ1) is 10.8. The van der Waals surface area contributed by atoms with Crippen molar-refractivity contribution in [1.29, 1.82) is 0 Å². The molecule has 6 heteroatoms. The van der Waals surface area contributed by atoms with Crippen molar-refractivity contribution in [2.45, 2.75) is 19.1 Å². The van der Waals surface area contributed by atoms with Gasteiger partial charge in [0.1, 0.15) is 6.10 Å². The summed E-state index contributed by atoms with van der Waals surface area (Å²) in [5.74, 6) is -4.14. The van der Waals surface area contributed by atoms with E-state index in [2.05, 4.69) is 5.32 Å². The number of carbonyl (C=O) groups is 1. The van der Waals surface area contributed by atoms with Crippen molar-refractivity contribution in [3.8, 4) is 0 Å². The Balaban J connectivity index is 2.38. The van der Waals surface area contributed by atoms with Gasteiger partial charge in [-0.2, -0.15) is 0 Å². The third kappa shape index (κ3) is 1.70. The monoisotopic (exact) mass is 231 g/mol. The lowest BCUT2D eigenvalue weighted by Gasteiger charge is -2.13. The van der Waals surface area contributed by atoms with Crippen LogP contribution in [0.3, 0.4) is 0 Å². The van der Waals surface area contributed by atoms with E-state index >= 15 is 0 Å². The molecule has 2 atom stereocenters. The first-order valence-corrected chi connectivity index (χ1v) is 4.60. The summed E-state index contributed by atoms with van der Waals surface area (Å²) in [4.78, 5) is 10.9. The number of nitrogens with one attached hydrogen (secondary N) is 1. The first-order valence-electron chi connectivity index (χ1n) is 4.60. The quantitative estimate of drug-likeness (QED) is 0.753. The van der Waals surface area contributed by atoms with Gasteiger partial charge in [-0.25, -0.2) is 18.0 Å². The van der Waals surface area contributed by atoms with E-state index in [0.717, 1.165) is 12.1 Å². The van der Waals surface area contributed by atoms with E-state index in [-0.39, 0.29) is 5.56 Å². The molecule has 16 heavy (non-hydrogen) atoms. The predicted octanol–water partition coefficient (Wildman–Crippen LogP) is 2.27. The number of alkyl carbamates (subject to hydrolysis) is 1. The Hall–Kier alpha value is -1.72. The minimum absolute atomic E-state index is 0.0854. The fraction of sp³-hybridized carbons (Fsp3) is 0.300. The fourth-order valence-electron chi connectivity index (χ4n) is 1.61. The van der Waals surface area contributed by atoms with Gasteiger partial charge in [0, 0.05) is 5.56 Å². The van der Waals surface area contributed by atoms with Crippen LogP contribution < -0.4 is 5.32 Å². The molecule has 1 N–H and O–H groups in total. The number of ether oxygens (including phenoxy) is 1. The molecule has 1 heterocycles. The lowest BCUT2D eigenvalue weighted by molar-refractivity contribution is 0.133. The van der Waals surface area contributed by atoms with Crippen molar-refractivity contribution in [2.75, 3.05) is 0 Å². The van der Waals surface area contributed by atoms with Crippen molar-refractivity contribution in [1.82, 2.24) is 5.32 Å². The van der Waals surface area contributed by atoms with Gasteiger partial charge < -0.3 is 10.1 Å². The van der Waals surface area contributed by atoms with Gasteiger partial charge in [-0.15, -0.1) is 0 Å². The number of benzene rings is 1. The third-order valence-corrected chi connectivity index (χ3v) is 2.37. The highest BCUT2D eigenvalue weighted by atomic mass is 19.2. The van der Waals surface area contributed by atoms with Crippen LogP contribution in [0.15, 0.2) is 12.1 Å². The largest absolute Gasteiger partial charge is 0.439 e. The van der Waals surface area contributed by atoms with E-state index in [1.165, 1.54) is 0 Å². The molecule has 2 rings (SSSR count). The van der Waals surface area contributed by atoms with Crippen molar-refractivity contribution >= 4 is 6.09 Å². The summed E-state index contributed by atoms with van der Waals surface area (Å²) in [7, 11) is 0. The zero-order chi connectivity index (χ0) is 11.9. The molecule has 1 fully saturated rings. The summed E-state index contributed by atoms with van der Waals surface area (Å²) in [6, 6.07) is 1.22. The molecule has 0 aromatic heterocycles. The van der Waals surface area contributed by atoms with Crippen LogP contribution in [0.4, 0.5) is 18.0 Å². The molecule has 0 saturated carbocycles. The van der Waals surface area contributed by atoms with Crippen LogP contribution in [0, 0.1) is 17.5 Å². The van der Waals surface area contributed by atoms with E-state index in [4.69, 9.17) is 4.74 Å². The van der Waals surface area contributed by atoms with Crippen LogP contribution in [0.25, 0.3) is 0 Å². The van der Waals surface area contributed by atoms with Gasteiger partial charge in [-0.05, 0) is 19.1 Å². The minimum atomic E-state index is -1.53. The van der Waals surface area contributed by atoms with Crippen molar-refractivity contribution in [2.24, 2.45) is 0 Å². The Morgan fingerprint density at radius 2 is 1.81 bits per heavy atom. The molecule has 3 nitrogen and oxygen atoms in total. The molecule has 1 aromatic carbocycles. The topological polar surface area (TPSA) is 38.3 Å². The molecule has 1 aliphatic heterocycles. The van der Waals surface area contributed by atoms with Gasteiger partial charge in [0.05, 0.1) is 6.04 Å². The second kappa shape index (κ2) is 3.70. The molecule has 1 saturated heterocycles. The Morgan fingerprint density at radius 3 is 2.25 bits per heavy atom. The van der Waals surface area contributed by atoms with E-state index in [1.54, 1.807) is 6.92 Å². The van der Waals surface area contributed by atoms with Crippen LogP contribution in [0.5, 0.6) is 0 Å². The number of amides is 1. The summed E-state index contributed by atoms with van der Waals surface area (Å²) in [5, 5.41) is 2.42. The lowest BCUT2D eigenvalue weighted by atomic mass is 10.0. The summed E-state index contributed by atoms with van der Waals surface area (Å²) < 4.78 is 43.4. The smallest absolute Gasteiger partial charge is 0.408 e. The van der Waals surface area contributed by atoms with Gasteiger partial charge in [0.25, 0.3) is 0 Å². The molecule has 0 unspecified atom stereocenters. The third-order valence-electron chi connectivity index (χ3n) is 2.37. The number of rotatable bonds is 1. The number of hydrogen-bond acceptors (Lipinski definition) is 2. The van der Waals surface area contributed by atoms with Crippen molar-refractivity contribution < 1.29 is 22.7 Å². The summed E-state index contributed by atoms with van der Waals surface area (Å²) >= 11 is 0. The molecule has 0 radical (unpaired) electrons. The maximum atomic E-state index is 12.9. The highest BCUT2D eigenvalue weighted by Crippen LogP contribution is 2.28. The summed E-state index contributed by atoms with van der Waals surface area (Å²) in [6.45, 7) is 1.62. The van der Waals surface area contributed by atoms with Gasteiger partial charge in [-0.1, -0.05) is 0 Å². The molecule has 86 valence electrons. The molecular weight excluding hydrogens is 223 g/mol. The lowest BCUT2D eigenvalue weighted by Crippen LogP contribution is -2.24. The highest BCUT2D eigenvalue weighted by Gasteiger charge is 2.33. The fourth-order valence-corrected chi connectivity index (χ4v) is 1.61. The Labute approximate surface area is 89.2 Å². The second-order valence-electron chi connectivity index (χ2n) is 3.56. The number of halogens is 3. The summed E-state index contributed by atoms with van der Waals surface area (Å²) in [5.41, 5.74) is 0.0854. The Bertz CT molecular complexity index is 427. The average Bonchev–Trinajstić information content (AvgIpc) is 2.53. The second-order valence-corrected chi connectivity index (χ2v) is 3.56. The van der Waals surface area contributed by atoms with Crippen molar-refractivity contribution in [3.63, 3.8) is 0 Å². The van der Waals surface area contributed by atoms with Crippen molar-refractivity contribution in [3.05, 3.63) is 35.1 Å². The van der Waals surface area contributed by atoms with E-state index in [9.17, 15) is 18.0 Å². The zero-order valence-electron chi connectivity index (χ0n) is 8.26. The van der Waals surface area contributed by atoms with E-state index in [0.29, 0.717) is 0 Å². The molecule has 1 aromatic rings. The van der Waals surface area contributed by atoms with Gasteiger partial charge in [0.2, 0.25) is 0 Å². The normalized spacial score (nSPS) is 24.1. The van der Waals surface area contributed by atoms with E-state index < -0.39 is 35.7 Å². The highest BCUT2D eigenvalue weighted by molar-refractivity contribution is 5.70. The van der Waals surface area contributed by atoms with Gasteiger partial charge in [0.15, 0.2) is 17.5 Å². The molecule has 0 aliphatic carbocycles. The zero-order valence-corrected chi connectivity index (χ0v) is 8.26. The molecule has 0 spiro atoms. The van der Waals surface area contributed by atoms with Gasteiger partial charge in [-0.3, -0.25) is 0 Å². The SMILES string of the molecule is C[C@@H]1NC(=O)O[C@@H]1c1cc(F)c(F)c(F)c1. The van der Waals surface area contributed by atoms with Crippen LogP contribution in [-0.2, 0) is 4.74 Å². The van der Waals surface area contributed by atoms with Gasteiger partial charge >= 0.3 is 6.09 Å². The molecular formula is C10H8F3NO2. The van der Waals surface area contributed by atoms with Crippen LogP contribution in [0.1, 0.15) is 18.6 Å². The molecule has 0 bridgehead atoms. The number of cyclic esters (lactones) is 1. The average molecular weight is 231 g/mol. The van der Waals surface area contributed by atoms with Crippen LogP contribution in [0.2, 0.25) is 0 Å². The molecule has 1 aliphatic rings. The summed E-state index contributed by atoms with van der Waals surface area (Å²) in [6.07, 6.45) is -1.47. The standard InChI is InChI=1S/C10H8F3NO2/c1-4-9(16-10(15)14-4)5-2-6(11)8(13)7(12)3-5/h2-4,9H,1H3,(H,14,15)/t4-,9-/m0/s1. The van der Waals surface area contributed by atoms with Crippen LogP contribution in [-0.4, -0.2) is 12.1 Å². The van der Waals surface area contributed by atoms with E-state index in [1.807, 2.05) is 0 Å². The maximum Gasteiger partial charge on any atom is 0.408 e. The number of hydrogen-bond donors (Lipinski definition) is 1. The predicted molar refractivity (Wildman–Crippen MR) is 48.1 cm³/mol. The first-order chi connectivity index (χ1) is 7.49. The number of carbonyl (C=O) groups excluding carboxylic acids is 1. The van der Waals surface area contributed by atoms with Crippen LogP contribution >= 0.6 is 0 Å². The molecule has 1 amide bonds. The Morgan fingerprint density at radius 1 is 1.25 bits per heavy atom. The Kier molecular flexibility index (Phi) is 2.49. The maximum absolute atomic E-state index is 12.9.